The fraction of sp³-hybridized carbons (Fsp3) is 0.278. The molecule has 4 nitrogen and oxygen atoms in total. The van der Waals surface area contributed by atoms with Crippen LogP contribution in [0.15, 0.2) is 48.5 Å². The molecule has 0 unspecified atom stereocenters. The molecular weight excluding hydrogens is 278 g/mol. The van der Waals surface area contributed by atoms with E-state index in [0.717, 1.165) is 5.56 Å². The highest BCUT2D eigenvalue weighted by atomic mass is 16.5. The smallest absolute Gasteiger partial charge is 0.261 e. The van der Waals surface area contributed by atoms with Gasteiger partial charge >= 0.3 is 0 Å². The lowest BCUT2D eigenvalue weighted by atomic mass is 10.1. The first-order chi connectivity index (χ1) is 10.6. The highest BCUT2D eigenvalue weighted by Gasteiger charge is 2.16. The summed E-state index contributed by atoms with van der Waals surface area (Å²) in [6, 6.07) is 15.3. The van der Waals surface area contributed by atoms with Crippen LogP contribution in [-0.4, -0.2) is 19.1 Å². The molecule has 22 heavy (non-hydrogen) atoms. The van der Waals surface area contributed by atoms with Crippen molar-refractivity contribution in [1.29, 1.82) is 0 Å². The molecule has 0 aliphatic heterocycles. The van der Waals surface area contributed by atoms with Gasteiger partial charge in [0, 0.05) is 6.54 Å². The Labute approximate surface area is 131 Å². The van der Waals surface area contributed by atoms with E-state index in [1.807, 2.05) is 43.3 Å². The molecule has 1 amide bonds. The van der Waals surface area contributed by atoms with Crippen molar-refractivity contribution in [2.45, 2.75) is 26.5 Å². The van der Waals surface area contributed by atoms with Crippen LogP contribution >= 0.6 is 0 Å². The molecule has 0 radical (unpaired) electrons. The molecule has 1 N–H and O–H groups in total. The highest BCUT2D eigenvalue weighted by Crippen LogP contribution is 2.26. The van der Waals surface area contributed by atoms with Gasteiger partial charge in [-0.1, -0.05) is 42.0 Å². The molecule has 0 aromatic heterocycles. The summed E-state index contributed by atoms with van der Waals surface area (Å²) in [5.74, 6) is 1.01. The van der Waals surface area contributed by atoms with Crippen molar-refractivity contribution in [3.8, 4) is 11.5 Å². The van der Waals surface area contributed by atoms with Gasteiger partial charge in [0.1, 0.15) is 0 Å². The van der Waals surface area contributed by atoms with Crippen LogP contribution in [0.5, 0.6) is 11.5 Å². The highest BCUT2D eigenvalue weighted by molar-refractivity contribution is 5.80. The van der Waals surface area contributed by atoms with Crippen LogP contribution in [0.4, 0.5) is 0 Å². The van der Waals surface area contributed by atoms with E-state index in [4.69, 9.17) is 9.47 Å². The van der Waals surface area contributed by atoms with E-state index < -0.39 is 6.10 Å². The van der Waals surface area contributed by atoms with Crippen molar-refractivity contribution in [2.75, 3.05) is 7.11 Å². The van der Waals surface area contributed by atoms with Crippen LogP contribution < -0.4 is 14.8 Å². The van der Waals surface area contributed by atoms with E-state index in [0.29, 0.717) is 18.0 Å². The molecule has 0 saturated carbocycles. The predicted molar refractivity (Wildman–Crippen MR) is 86.1 cm³/mol. The molecule has 116 valence electrons. The average Bonchev–Trinajstić information content (AvgIpc) is 2.54. The maximum absolute atomic E-state index is 12.1. The molecule has 0 bridgehead atoms. The number of para-hydroxylation sites is 2. The van der Waals surface area contributed by atoms with Crippen molar-refractivity contribution >= 4 is 5.91 Å². The first kappa shape index (κ1) is 15.9. The van der Waals surface area contributed by atoms with E-state index in [2.05, 4.69) is 5.32 Å². The van der Waals surface area contributed by atoms with Crippen molar-refractivity contribution in [2.24, 2.45) is 0 Å². The van der Waals surface area contributed by atoms with E-state index >= 15 is 0 Å². The van der Waals surface area contributed by atoms with Crippen LogP contribution in [0.2, 0.25) is 0 Å². The van der Waals surface area contributed by atoms with Gasteiger partial charge in [-0.3, -0.25) is 4.79 Å². The summed E-state index contributed by atoms with van der Waals surface area (Å²) in [7, 11) is 1.57. The number of amides is 1. The topological polar surface area (TPSA) is 47.6 Å². The van der Waals surface area contributed by atoms with Crippen LogP contribution in [0.3, 0.4) is 0 Å². The number of aryl methyl sites for hydroxylation is 1. The Morgan fingerprint density at radius 3 is 2.36 bits per heavy atom. The summed E-state index contributed by atoms with van der Waals surface area (Å²) in [4.78, 5) is 12.1. The Hall–Kier alpha value is -2.49. The number of nitrogens with one attached hydrogen (secondary N) is 1. The van der Waals surface area contributed by atoms with Crippen LogP contribution in [0, 0.1) is 6.92 Å². The Kier molecular flexibility index (Phi) is 5.42. The Morgan fingerprint density at radius 1 is 1.09 bits per heavy atom. The number of hydrogen-bond donors (Lipinski definition) is 1. The number of hydrogen-bond acceptors (Lipinski definition) is 3. The maximum atomic E-state index is 12.1. The molecule has 0 saturated heterocycles. The van der Waals surface area contributed by atoms with Crippen molar-refractivity contribution in [3.05, 3.63) is 59.7 Å². The summed E-state index contributed by atoms with van der Waals surface area (Å²) in [6.45, 7) is 4.24. The minimum atomic E-state index is -0.596. The standard InChI is InChI=1S/C18H21NO3/c1-13-8-10-15(11-9-13)12-19-18(20)14(2)22-17-7-5-4-6-16(17)21-3/h4-11,14H,12H2,1-3H3,(H,19,20)/t14-/m0/s1. The first-order valence-electron chi connectivity index (χ1n) is 7.23. The second-order valence-corrected chi connectivity index (χ2v) is 5.11. The molecule has 2 aromatic rings. The zero-order chi connectivity index (χ0) is 15.9. The molecule has 1 atom stereocenters. The largest absolute Gasteiger partial charge is 0.493 e. The summed E-state index contributed by atoms with van der Waals surface area (Å²) in [6.07, 6.45) is -0.596. The van der Waals surface area contributed by atoms with Gasteiger partial charge in [0.05, 0.1) is 7.11 Å². The normalized spacial score (nSPS) is 11.6. The number of ether oxygens (including phenoxy) is 2. The predicted octanol–water partition coefficient (Wildman–Crippen LogP) is 3.09. The van der Waals surface area contributed by atoms with E-state index in [1.54, 1.807) is 26.2 Å². The van der Waals surface area contributed by atoms with Gasteiger partial charge in [-0.25, -0.2) is 0 Å². The second kappa shape index (κ2) is 7.50. The lowest BCUT2D eigenvalue weighted by Crippen LogP contribution is -2.35. The molecule has 0 aliphatic carbocycles. The molecule has 2 aromatic carbocycles. The number of benzene rings is 2. The summed E-state index contributed by atoms with van der Waals surface area (Å²) in [5, 5.41) is 2.87. The maximum Gasteiger partial charge on any atom is 0.261 e. The fourth-order valence-corrected chi connectivity index (χ4v) is 2.00. The number of methoxy groups -OCH3 is 1. The zero-order valence-electron chi connectivity index (χ0n) is 13.1. The Balaban J connectivity index is 1.90. The summed E-state index contributed by atoms with van der Waals surface area (Å²) >= 11 is 0. The third kappa shape index (κ3) is 4.25. The lowest BCUT2D eigenvalue weighted by Gasteiger charge is -2.16. The van der Waals surface area contributed by atoms with E-state index in [9.17, 15) is 4.79 Å². The summed E-state index contributed by atoms with van der Waals surface area (Å²) in [5.41, 5.74) is 2.26. The van der Waals surface area contributed by atoms with Crippen LogP contribution in [0.1, 0.15) is 18.1 Å². The SMILES string of the molecule is COc1ccccc1O[C@@H](C)C(=O)NCc1ccc(C)cc1. The Morgan fingerprint density at radius 2 is 1.73 bits per heavy atom. The fourth-order valence-electron chi connectivity index (χ4n) is 2.00. The van der Waals surface area contributed by atoms with Crippen LogP contribution in [-0.2, 0) is 11.3 Å². The van der Waals surface area contributed by atoms with Crippen molar-refractivity contribution in [1.82, 2.24) is 5.32 Å². The monoisotopic (exact) mass is 299 g/mol. The van der Waals surface area contributed by atoms with Gasteiger partial charge in [-0.15, -0.1) is 0 Å². The molecule has 2 rings (SSSR count). The van der Waals surface area contributed by atoms with Gasteiger partial charge < -0.3 is 14.8 Å². The summed E-state index contributed by atoms with van der Waals surface area (Å²) < 4.78 is 10.9. The van der Waals surface area contributed by atoms with Crippen molar-refractivity contribution < 1.29 is 14.3 Å². The molecule has 0 spiro atoms. The van der Waals surface area contributed by atoms with E-state index in [-0.39, 0.29) is 5.91 Å². The number of rotatable bonds is 6. The number of carbonyl (C=O) groups is 1. The van der Waals surface area contributed by atoms with E-state index in [1.165, 1.54) is 5.56 Å². The zero-order valence-corrected chi connectivity index (χ0v) is 13.1. The van der Waals surface area contributed by atoms with Gasteiger partial charge in [0.25, 0.3) is 5.91 Å². The minimum absolute atomic E-state index is 0.161. The van der Waals surface area contributed by atoms with Gasteiger partial charge in [-0.05, 0) is 31.5 Å². The number of carbonyl (C=O) groups excluding carboxylic acids is 1. The quantitative estimate of drug-likeness (QED) is 0.891. The Bertz CT molecular complexity index is 622. The lowest BCUT2D eigenvalue weighted by molar-refractivity contribution is -0.127. The molecule has 0 fully saturated rings. The van der Waals surface area contributed by atoms with Gasteiger partial charge in [0.15, 0.2) is 17.6 Å². The second-order valence-electron chi connectivity index (χ2n) is 5.11. The first-order valence-corrected chi connectivity index (χ1v) is 7.23. The third-order valence-electron chi connectivity index (χ3n) is 3.33. The molecule has 4 heteroatoms. The average molecular weight is 299 g/mol. The molecule has 0 heterocycles. The molecular formula is C18H21NO3. The molecule has 0 aliphatic rings. The van der Waals surface area contributed by atoms with Crippen LogP contribution in [0.25, 0.3) is 0 Å². The van der Waals surface area contributed by atoms with Gasteiger partial charge in [-0.2, -0.15) is 0 Å². The van der Waals surface area contributed by atoms with Crippen molar-refractivity contribution in [3.63, 3.8) is 0 Å². The van der Waals surface area contributed by atoms with Gasteiger partial charge in [0.2, 0.25) is 0 Å². The third-order valence-corrected chi connectivity index (χ3v) is 3.33. The minimum Gasteiger partial charge on any atom is -0.493 e.